The molecule has 1 aromatic rings. The first-order valence-corrected chi connectivity index (χ1v) is 7.39. The van der Waals surface area contributed by atoms with E-state index in [1.165, 1.54) is 18.5 Å². The van der Waals surface area contributed by atoms with Gasteiger partial charge in [-0.25, -0.2) is 0 Å². The predicted octanol–water partition coefficient (Wildman–Crippen LogP) is 3.33. The molecule has 1 heterocycles. The highest BCUT2D eigenvalue weighted by atomic mass is 79.9. The van der Waals surface area contributed by atoms with Crippen LogP contribution in [0.25, 0.3) is 0 Å². The molecule has 98 valence electrons. The summed E-state index contributed by atoms with van der Waals surface area (Å²) in [6, 6.07) is 0. The highest BCUT2D eigenvalue weighted by Gasteiger charge is 2.14. The van der Waals surface area contributed by atoms with Crippen LogP contribution in [0.4, 0.5) is 0 Å². The van der Waals surface area contributed by atoms with Crippen LogP contribution >= 0.6 is 27.5 Å². The lowest BCUT2D eigenvalue weighted by molar-refractivity contribution is 0.269. The molecule has 1 rings (SSSR count). The van der Waals surface area contributed by atoms with E-state index in [0.29, 0.717) is 5.88 Å². The fraction of sp³-hybridized carbons (Fsp3) is 0.750. The molecule has 5 heteroatoms. The zero-order valence-electron chi connectivity index (χ0n) is 10.8. The smallest absolute Gasteiger partial charge is 0.0739 e. The Balaban J connectivity index is 2.70. The van der Waals surface area contributed by atoms with Gasteiger partial charge in [-0.05, 0) is 35.8 Å². The number of nitrogens with zero attached hydrogens (tertiary/aromatic N) is 3. The summed E-state index contributed by atoms with van der Waals surface area (Å²) in [6.07, 6.45) is 2.43. The molecule has 0 aliphatic rings. The molecular formula is C12H21BrClN3. The van der Waals surface area contributed by atoms with Gasteiger partial charge in [0.1, 0.15) is 0 Å². The molecule has 0 atom stereocenters. The predicted molar refractivity (Wildman–Crippen MR) is 76.6 cm³/mol. The monoisotopic (exact) mass is 321 g/mol. The number of aryl methyl sites for hydroxylation is 2. The second-order valence-corrected chi connectivity index (χ2v) is 5.46. The van der Waals surface area contributed by atoms with E-state index in [1.807, 2.05) is 18.7 Å². The summed E-state index contributed by atoms with van der Waals surface area (Å²) in [4.78, 5) is 2.39. The summed E-state index contributed by atoms with van der Waals surface area (Å²) in [6.45, 7) is 7.16. The SMILES string of the molecule is CCCCN(CCCl)Cc1c(Br)c(C)nn1C. The van der Waals surface area contributed by atoms with Crippen molar-refractivity contribution in [3.8, 4) is 0 Å². The van der Waals surface area contributed by atoms with Crippen molar-refractivity contribution in [2.45, 2.75) is 33.2 Å². The minimum absolute atomic E-state index is 0.679. The number of hydrogen-bond acceptors (Lipinski definition) is 2. The van der Waals surface area contributed by atoms with E-state index in [-0.39, 0.29) is 0 Å². The molecule has 0 unspecified atom stereocenters. The molecule has 0 N–H and O–H groups in total. The molecule has 0 bridgehead atoms. The Labute approximate surface area is 117 Å². The average molecular weight is 323 g/mol. The van der Waals surface area contributed by atoms with Crippen LogP contribution in [0, 0.1) is 6.92 Å². The molecule has 0 fully saturated rings. The summed E-state index contributed by atoms with van der Waals surface area (Å²) in [5.41, 5.74) is 2.27. The van der Waals surface area contributed by atoms with Gasteiger partial charge >= 0.3 is 0 Å². The zero-order chi connectivity index (χ0) is 12.8. The number of hydrogen-bond donors (Lipinski definition) is 0. The Morgan fingerprint density at radius 2 is 2.12 bits per heavy atom. The van der Waals surface area contributed by atoms with Crippen LogP contribution in [0.2, 0.25) is 0 Å². The maximum atomic E-state index is 5.85. The number of rotatable bonds is 7. The van der Waals surface area contributed by atoms with Gasteiger partial charge in [-0.3, -0.25) is 9.58 Å². The molecule has 3 nitrogen and oxygen atoms in total. The molecule has 0 amide bonds. The van der Waals surface area contributed by atoms with E-state index in [0.717, 1.165) is 29.8 Å². The van der Waals surface area contributed by atoms with E-state index in [1.54, 1.807) is 0 Å². The third-order valence-corrected chi connectivity index (χ3v) is 4.06. The van der Waals surface area contributed by atoms with Crippen LogP contribution in [0.15, 0.2) is 4.47 Å². The lowest BCUT2D eigenvalue weighted by atomic mass is 10.3. The minimum Gasteiger partial charge on any atom is -0.296 e. The highest BCUT2D eigenvalue weighted by Crippen LogP contribution is 2.21. The van der Waals surface area contributed by atoms with Crippen LogP contribution < -0.4 is 0 Å². The Morgan fingerprint density at radius 1 is 1.41 bits per heavy atom. The van der Waals surface area contributed by atoms with Crippen molar-refractivity contribution in [1.29, 1.82) is 0 Å². The van der Waals surface area contributed by atoms with Gasteiger partial charge in [0.2, 0.25) is 0 Å². The Morgan fingerprint density at radius 3 is 2.59 bits per heavy atom. The molecule has 0 aliphatic carbocycles. The fourth-order valence-corrected chi connectivity index (χ4v) is 2.54. The topological polar surface area (TPSA) is 21.1 Å². The van der Waals surface area contributed by atoms with Crippen molar-refractivity contribution in [3.63, 3.8) is 0 Å². The van der Waals surface area contributed by atoms with Crippen molar-refractivity contribution in [2.24, 2.45) is 7.05 Å². The zero-order valence-corrected chi connectivity index (χ0v) is 13.2. The van der Waals surface area contributed by atoms with Gasteiger partial charge in [-0.1, -0.05) is 13.3 Å². The largest absolute Gasteiger partial charge is 0.296 e. The minimum atomic E-state index is 0.679. The van der Waals surface area contributed by atoms with Gasteiger partial charge in [0, 0.05) is 26.0 Å². The number of alkyl halides is 1. The number of unbranched alkanes of at least 4 members (excludes halogenated alkanes) is 1. The second kappa shape index (κ2) is 7.39. The fourth-order valence-electron chi connectivity index (χ4n) is 1.83. The van der Waals surface area contributed by atoms with Crippen molar-refractivity contribution in [1.82, 2.24) is 14.7 Å². The van der Waals surface area contributed by atoms with Crippen LogP contribution in [-0.4, -0.2) is 33.6 Å². The molecule has 0 radical (unpaired) electrons. The van der Waals surface area contributed by atoms with Crippen molar-refractivity contribution < 1.29 is 0 Å². The summed E-state index contributed by atoms with van der Waals surface area (Å²) < 4.78 is 3.07. The lowest BCUT2D eigenvalue weighted by Crippen LogP contribution is -2.27. The van der Waals surface area contributed by atoms with E-state index in [9.17, 15) is 0 Å². The first kappa shape index (κ1) is 15.0. The van der Waals surface area contributed by atoms with Gasteiger partial charge in [-0.15, -0.1) is 11.6 Å². The van der Waals surface area contributed by atoms with Crippen molar-refractivity contribution in [3.05, 3.63) is 15.9 Å². The third kappa shape index (κ3) is 4.27. The summed E-state index contributed by atoms with van der Waals surface area (Å²) in [7, 11) is 1.99. The Hall–Kier alpha value is -0.0600. The third-order valence-electron chi connectivity index (χ3n) is 2.86. The van der Waals surface area contributed by atoms with E-state index < -0.39 is 0 Å². The first-order chi connectivity index (χ1) is 8.10. The summed E-state index contributed by atoms with van der Waals surface area (Å²) >= 11 is 9.46. The van der Waals surface area contributed by atoms with Gasteiger partial charge < -0.3 is 0 Å². The quantitative estimate of drug-likeness (QED) is 0.718. The normalized spacial score (nSPS) is 11.4. The van der Waals surface area contributed by atoms with Gasteiger partial charge in [0.05, 0.1) is 15.9 Å². The molecule has 0 aliphatic heterocycles. The van der Waals surface area contributed by atoms with E-state index in [4.69, 9.17) is 11.6 Å². The molecular weight excluding hydrogens is 302 g/mol. The van der Waals surface area contributed by atoms with E-state index >= 15 is 0 Å². The standard InChI is InChI=1S/C12H21BrClN3/c1-4-5-7-17(8-6-14)9-11-12(13)10(2)15-16(11)3/h4-9H2,1-3H3. The first-order valence-electron chi connectivity index (χ1n) is 6.06. The Kier molecular flexibility index (Phi) is 6.52. The van der Waals surface area contributed by atoms with Gasteiger partial charge in [0.15, 0.2) is 0 Å². The van der Waals surface area contributed by atoms with Crippen LogP contribution in [0.3, 0.4) is 0 Å². The second-order valence-electron chi connectivity index (χ2n) is 4.29. The summed E-state index contributed by atoms with van der Waals surface area (Å²) in [5.74, 6) is 0.679. The van der Waals surface area contributed by atoms with Gasteiger partial charge in [-0.2, -0.15) is 5.10 Å². The van der Waals surface area contributed by atoms with Crippen molar-refractivity contribution >= 4 is 27.5 Å². The van der Waals surface area contributed by atoms with Gasteiger partial charge in [0.25, 0.3) is 0 Å². The summed E-state index contributed by atoms with van der Waals surface area (Å²) in [5, 5.41) is 4.41. The van der Waals surface area contributed by atoms with Crippen LogP contribution in [0.5, 0.6) is 0 Å². The lowest BCUT2D eigenvalue weighted by Gasteiger charge is -2.21. The molecule has 0 spiro atoms. The number of halogens is 2. The molecule has 1 aromatic heterocycles. The van der Waals surface area contributed by atoms with Crippen molar-refractivity contribution in [2.75, 3.05) is 19.0 Å². The Bertz CT molecular complexity index is 352. The van der Waals surface area contributed by atoms with Crippen LogP contribution in [0.1, 0.15) is 31.2 Å². The van der Waals surface area contributed by atoms with Crippen LogP contribution in [-0.2, 0) is 13.6 Å². The molecule has 17 heavy (non-hydrogen) atoms. The van der Waals surface area contributed by atoms with E-state index in [2.05, 4.69) is 32.9 Å². The highest BCUT2D eigenvalue weighted by molar-refractivity contribution is 9.10. The average Bonchev–Trinajstić information content (AvgIpc) is 2.53. The molecule has 0 saturated carbocycles. The maximum Gasteiger partial charge on any atom is 0.0739 e. The molecule has 0 saturated heterocycles. The number of aromatic nitrogens is 2. The molecule has 0 aromatic carbocycles. The maximum absolute atomic E-state index is 5.85.